The molecule has 0 atom stereocenters. The molecular weight excluding hydrogens is 433 g/mol. The fourth-order valence-corrected chi connectivity index (χ4v) is 5.96. The Bertz CT molecular complexity index is 1200. The minimum Gasteiger partial charge on any atom is -0.262 e. The van der Waals surface area contributed by atoms with E-state index in [9.17, 15) is 8.42 Å². The number of nitrogens with zero attached hydrogens (tertiary/aromatic N) is 2. The highest BCUT2D eigenvalue weighted by molar-refractivity contribution is 7.94. The summed E-state index contributed by atoms with van der Waals surface area (Å²) >= 11 is 14.2. The van der Waals surface area contributed by atoms with Gasteiger partial charge in [-0.05, 0) is 29.8 Å². The zero-order valence-electron chi connectivity index (χ0n) is 12.8. The highest BCUT2D eigenvalue weighted by Gasteiger charge is 2.21. The summed E-state index contributed by atoms with van der Waals surface area (Å²) in [4.78, 5) is 9.08. The van der Waals surface area contributed by atoms with Crippen molar-refractivity contribution in [2.75, 3.05) is 4.72 Å². The molecule has 0 radical (unpaired) electrons. The molecule has 0 amide bonds. The number of nitrogens with one attached hydrogen (secondary N) is 1. The lowest BCUT2D eigenvalue weighted by atomic mass is 10.1. The first-order chi connectivity index (χ1) is 12.4. The van der Waals surface area contributed by atoms with Crippen LogP contribution in [0.2, 0.25) is 9.36 Å². The fraction of sp³-hybridized carbons (Fsp3) is 0. The van der Waals surface area contributed by atoms with E-state index in [1.165, 1.54) is 23.7 Å². The summed E-state index contributed by atoms with van der Waals surface area (Å²) in [6.07, 6.45) is 1.34. The maximum absolute atomic E-state index is 12.6. The van der Waals surface area contributed by atoms with Crippen LogP contribution in [0.4, 0.5) is 5.82 Å². The summed E-state index contributed by atoms with van der Waals surface area (Å²) in [5, 5.41) is 3.19. The molecule has 0 aliphatic carbocycles. The lowest BCUT2D eigenvalue weighted by molar-refractivity contribution is 0.603. The number of rotatable bonds is 4. The Morgan fingerprint density at radius 1 is 1.00 bits per heavy atom. The first kappa shape index (κ1) is 17.7. The van der Waals surface area contributed by atoms with Crippen LogP contribution in [0.5, 0.6) is 0 Å². The van der Waals surface area contributed by atoms with Crippen LogP contribution >= 0.6 is 45.9 Å². The van der Waals surface area contributed by atoms with Crippen LogP contribution in [-0.2, 0) is 10.0 Å². The maximum Gasteiger partial charge on any atom is 0.272 e. The molecule has 26 heavy (non-hydrogen) atoms. The van der Waals surface area contributed by atoms with E-state index in [-0.39, 0.29) is 10.0 Å². The van der Waals surface area contributed by atoms with Gasteiger partial charge >= 0.3 is 0 Å². The Labute approximate surface area is 167 Å². The normalized spacial score (nSPS) is 11.8. The van der Waals surface area contributed by atoms with E-state index in [1.54, 1.807) is 18.2 Å². The second-order valence-corrected chi connectivity index (χ2v) is 10.1. The van der Waals surface area contributed by atoms with Crippen LogP contribution in [0.3, 0.4) is 0 Å². The van der Waals surface area contributed by atoms with Gasteiger partial charge in [0.05, 0.1) is 9.72 Å². The van der Waals surface area contributed by atoms with Crippen molar-refractivity contribution < 1.29 is 8.42 Å². The summed E-state index contributed by atoms with van der Waals surface area (Å²) in [5.74, 6) is 0.228. The molecule has 0 saturated carbocycles. The molecule has 4 rings (SSSR count). The van der Waals surface area contributed by atoms with E-state index >= 15 is 0 Å². The van der Waals surface area contributed by atoms with E-state index < -0.39 is 10.0 Å². The van der Waals surface area contributed by atoms with Crippen LogP contribution < -0.4 is 4.72 Å². The molecule has 3 heterocycles. The van der Waals surface area contributed by atoms with Gasteiger partial charge in [0.15, 0.2) is 5.82 Å². The molecule has 0 saturated heterocycles. The second kappa shape index (κ2) is 6.79. The average molecular weight is 442 g/mol. The Balaban J connectivity index is 1.83. The second-order valence-electron chi connectivity index (χ2n) is 5.22. The number of thiophene rings is 2. The molecule has 10 heteroatoms. The third-order valence-electron chi connectivity index (χ3n) is 3.57. The van der Waals surface area contributed by atoms with Crippen LogP contribution in [0, 0.1) is 0 Å². The van der Waals surface area contributed by atoms with Crippen LogP contribution in [-0.4, -0.2) is 18.4 Å². The van der Waals surface area contributed by atoms with Crippen molar-refractivity contribution in [2.45, 2.75) is 4.21 Å². The first-order valence-corrected chi connectivity index (χ1v) is 11.1. The van der Waals surface area contributed by atoms with Crippen molar-refractivity contribution >= 4 is 71.9 Å². The monoisotopic (exact) mass is 441 g/mol. The molecule has 0 aliphatic rings. The smallest absolute Gasteiger partial charge is 0.262 e. The Morgan fingerprint density at radius 2 is 1.77 bits per heavy atom. The van der Waals surface area contributed by atoms with Crippen LogP contribution in [0.1, 0.15) is 0 Å². The molecule has 0 bridgehead atoms. The molecule has 3 aromatic heterocycles. The fourth-order valence-electron chi connectivity index (χ4n) is 2.41. The molecular formula is C16H9Cl2N3O2S3. The van der Waals surface area contributed by atoms with E-state index in [0.717, 1.165) is 22.5 Å². The topological polar surface area (TPSA) is 72.0 Å². The third-order valence-corrected chi connectivity index (χ3v) is 7.77. The van der Waals surface area contributed by atoms with Gasteiger partial charge in [0.25, 0.3) is 10.0 Å². The quantitative estimate of drug-likeness (QED) is 0.451. The highest BCUT2D eigenvalue weighted by Crippen LogP contribution is 2.38. The predicted molar refractivity (Wildman–Crippen MR) is 108 cm³/mol. The van der Waals surface area contributed by atoms with E-state index in [2.05, 4.69) is 14.7 Å². The predicted octanol–water partition coefficient (Wildman–Crippen LogP) is 5.53. The van der Waals surface area contributed by atoms with Gasteiger partial charge in [-0.25, -0.2) is 18.4 Å². The molecule has 4 aromatic rings. The number of hydrogen-bond donors (Lipinski definition) is 1. The number of sulfonamides is 1. The number of halogens is 2. The van der Waals surface area contributed by atoms with Gasteiger partial charge in [-0.15, -0.1) is 22.7 Å². The summed E-state index contributed by atoms with van der Waals surface area (Å²) in [6, 6.07) is 10.3. The summed E-state index contributed by atoms with van der Waals surface area (Å²) in [6.45, 7) is 0. The lowest BCUT2D eigenvalue weighted by Crippen LogP contribution is -2.13. The van der Waals surface area contributed by atoms with E-state index in [4.69, 9.17) is 23.2 Å². The van der Waals surface area contributed by atoms with Crippen molar-refractivity contribution in [1.29, 1.82) is 0 Å². The van der Waals surface area contributed by atoms with Gasteiger partial charge < -0.3 is 0 Å². The summed E-state index contributed by atoms with van der Waals surface area (Å²) < 4.78 is 28.4. The first-order valence-electron chi connectivity index (χ1n) is 7.20. The van der Waals surface area contributed by atoms with Gasteiger partial charge in [0.1, 0.15) is 15.4 Å². The zero-order chi connectivity index (χ0) is 18.3. The molecule has 0 aliphatic heterocycles. The SMILES string of the molecule is O=S(=O)(Nc1ncnc2scc(-c3ccc(Cl)cc3)c12)c1ccc(Cl)s1. The van der Waals surface area contributed by atoms with Gasteiger partial charge in [0, 0.05) is 16.0 Å². The average Bonchev–Trinajstić information content (AvgIpc) is 3.23. The van der Waals surface area contributed by atoms with Crippen molar-refractivity contribution in [3.63, 3.8) is 0 Å². The van der Waals surface area contributed by atoms with Crippen molar-refractivity contribution in [3.05, 3.63) is 57.5 Å². The van der Waals surface area contributed by atoms with E-state index in [0.29, 0.717) is 19.6 Å². The number of aromatic nitrogens is 2. The largest absolute Gasteiger partial charge is 0.272 e. The van der Waals surface area contributed by atoms with Gasteiger partial charge in [-0.3, -0.25) is 4.72 Å². The number of anilines is 1. The molecule has 0 fully saturated rings. The Morgan fingerprint density at radius 3 is 2.46 bits per heavy atom. The van der Waals surface area contributed by atoms with Gasteiger partial charge in [0.2, 0.25) is 0 Å². The summed E-state index contributed by atoms with van der Waals surface area (Å²) in [5.41, 5.74) is 1.74. The number of benzene rings is 1. The van der Waals surface area contributed by atoms with Gasteiger partial charge in [-0.2, -0.15) is 0 Å². The molecule has 132 valence electrons. The molecule has 1 aromatic carbocycles. The highest BCUT2D eigenvalue weighted by atomic mass is 35.5. The number of fused-ring (bicyclic) bond motifs is 1. The van der Waals surface area contributed by atoms with Crippen molar-refractivity contribution in [1.82, 2.24) is 9.97 Å². The zero-order valence-corrected chi connectivity index (χ0v) is 16.8. The lowest BCUT2D eigenvalue weighted by Gasteiger charge is -2.08. The molecule has 5 nitrogen and oxygen atoms in total. The van der Waals surface area contributed by atoms with Crippen LogP contribution in [0.25, 0.3) is 21.3 Å². The van der Waals surface area contributed by atoms with E-state index in [1.807, 2.05) is 17.5 Å². The Kier molecular flexibility index (Phi) is 4.62. The van der Waals surface area contributed by atoms with Crippen LogP contribution in [0.15, 0.2) is 52.3 Å². The molecule has 1 N–H and O–H groups in total. The Hall–Kier alpha value is -1.71. The minimum absolute atomic E-state index is 0.123. The number of hydrogen-bond acceptors (Lipinski definition) is 6. The van der Waals surface area contributed by atoms with Crippen molar-refractivity contribution in [3.8, 4) is 11.1 Å². The summed E-state index contributed by atoms with van der Waals surface area (Å²) in [7, 11) is -3.79. The third kappa shape index (κ3) is 3.30. The standard InChI is InChI=1S/C16H9Cl2N3O2S3/c17-10-3-1-9(2-4-10)11-7-24-16-14(11)15(19-8-20-16)21-26(22,23)13-6-5-12(18)25-13/h1-8H,(H,19,20,21). The maximum atomic E-state index is 12.6. The van der Waals surface area contributed by atoms with Crippen molar-refractivity contribution in [2.24, 2.45) is 0 Å². The van der Waals surface area contributed by atoms with Gasteiger partial charge in [-0.1, -0.05) is 35.3 Å². The molecule has 0 unspecified atom stereocenters. The molecule has 0 spiro atoms. The minimum atomic E-state index is -3.79.